The zero-order chi connectivity index (χ0) is 22.0. The highest BCUT2D eigenvalue weighted by atomic mass is 19.2. The van der Waals surface area contributed by atoms with Crippen molar-refractivity contribution >= 4 is 17.3 Å². The van der Waals surface area contributed by atoms with Crippen molar-refractivity contribution in [1.82, 2.24) is 9.78 Å². The number of nitro groups is 1. The van der Waals surface area contributed by atoms with Crippen molar-refractivity contribution in [2.45, 2.75) is 0 Å². The van der Waals surface area contributed by atoms with Crippen molar-refractivity contribution in [2.24, 2.45) is 0 Å². The molecule has 31 heavy (non-hydrogen) atoms. The largest absolute Gasteiger partial charge is 0.322 e. The minimum absolute atomic E-state index is 0.0750. The molecule has 1 aromatic heterocycles. The fraction of sp³-hybridized carbons (Fsp3) is 0. The van der Waals surface area contributed by atoms with Crippen LogP contribution in [0.4, 0.5) is 20.2 Å². The highest BCUT2D eigenvalue weighted by Gasteiger charge is 2.20. The number of para-hydroxylation sites is 1. The Bertz CT molecular complexity index is 1270. The number of hydrogen-bond acceptors (Lipinski definition) is 4. The quantitative estimate of drug-likeness (QED) is 0.364. The van der Waals surface area contributed by atoms with Crippen molar-refractivity contribution in [3.05, 3.63) is 106 Å². The number of carbonyl (C=O) groups is 1. The summed E-state index contributed by atoms with van der Waals surface area (Å²) in [6, 6.07) is 17.7. The third-order valence-corrected chi connectivity index (χ3v) is 4.51. The first-order valence-corrected chi connectivity index (χ1v) is 9.09. The predicted octanol–water partition coefficient (Wildman–Crippen LogP) is 4.98. The van der Waals surface area contributed by atoms with Gasteiger partial charge in [-0.25, -0.2) is 13.5 Å². The topological polar surface area (TPSA) is 90.1 Å². The van der Waals surface area contributed by atoms with E-state index in [9.17, 15) is 23.7 Å². The van der Waals surface area contributed by atoms with E-state index in [-0.39, 0.29) is 22.6 Å². The maximum atomic E-state index is 13.5. The molecule has 0 saturated carbocycles. The SMILES string of the molecule is O=C(Nc1ccc(F)c(F)c1)c1cn(-c2ccccc2)nc1-c1ccc([N+](=O)[O-])cc1. The fourth-order valence-electron chi connectivity index (χ4n) is 2.98. The van der Waals surface area contributed by atoms with Crippen LogP contribution in [-0.2, 0) is 0 Å². The zero-order valence-electron chi connectivity index (χ0n) is 15.8. The van der Waals surface area contributed by atoms with Crippen molar-refractivity contribution in [1.29, 1.82) is 0 Å². The molecule has 1 heterocycles. The van der Waals surface area contributed by atoms with Gasteiger partial charge in [0.05, 0.1) is 16.2 Å². The molecule has 1 N–H and O–H groups in total. The Labute approximate surface area is 174 Å². The molecule has 0 saturated heterocycles. The first kappa shape index (κ1) is 19.9. The van der Waals surface area contributed by atoms with Gasteiger partial charge in [0.25, 0.3) is 11.6 Å². The molecular formula is C22H14F2N4O3. The van der Waals surface area contributed by atoms with Crippen LogP contribution < -0.4 is 5.32 Å². The van der Waals surface area contributed by atoms with E-state index in [1.165, 1.54) is 41.2 Å². The van der Waals surface area contributed by atoms with Crippen LogP contribution in [0.5, 0.6) is 0 Å². The third kappa shape index (κ3) is 4.15. The number of nitrogens with zero attached hydrogens (tertiary/aromatic N) is 3. The van der Waals surface area contributed by atoms with Gasteiger partial charge in [-0.05, 0) is 36.4 Å². The summed E-state index contributed by atoms with van der Waals surface area (Å²) < 4.78 is 28.2. The van der Waals surface area contributed by atoms with Crippen LogP contribution in [-0.4, -0.2) is 20.6 Å². The number of amides is 1. The van der Waals surface area contributed by atoms with Gasteiger partial charge in [-0.1, -0.05) is 18.2 Å². The molecule has 3 aromatic carbocycles. The molecular weight excluding hydrogens is 406 g/mol. The van der Waals surface area contributed by atoms with Crippen LogP contribution in [0.15, 0.2) is 79.0 Å². The second kappa shape index (κ2) is 8.15. The first-order chi connectivity index (χ1) is 14.9. The minimum atomic E-state index is -1.09. The average Bonchev–Trinajstić information content (AvgIpc) is 3.23. The number of non-ortho nitro benzene ring substituents is 1. The Balaban J connectivity index is 1.75. The second-order valence-electron chi connectivity index (χ2n) is 6.56. The van der Waals surface area contributed by atoms with E-state index in [0.717, 1.165) is 12.1 Å². The second-order valence-corrected chi connectivity index (χ2v) is 6.56. The van der Waals surface area contributed by atoms with Gasteiger partial charge in [-0.2, -0.15) is 5.10 Å². The van der Waals surface area contributed by atoms with E-state index in [4.69, 9.17) is 0 Å². The van der Waals surface area contributed by atoms with E-state index in [1.807, 2.05) is 18.2 Å². The lowest BCUT2D eigenvalue weighted by molar-refractivity contribution is -0.384. The monoisotopic (exact) mass is 420 g/mol. The summed E-state index contributed by atoms with van der Waals surface area (Å²) in [5.41, 5.74) is 1.58. The molecule has 0 unspecified atom stereocenters. The number of rotatable bonds is 5. The van der Waals surface area contributed by atoms with E-state index in [1.54, 1.807) is 12.1 Å². The molecule has 0 spiro atoms. The van der Waals surface area contributed by atoms with E-state index >= 15 is 0 Å². The number of nitro benzene ring substituents is 1. The number of benzene rings is 3. The summed E-state index contributed by atoms with van der Waals surface area (Å²) in [5.74, 6) is -2.71. The van der Waals surface area contributed by atoms with E-state index in [0.29, 0.717) is 11.3 Å². The Morgan fingerprint density at radius 2 is 1.68 bits per heavy atom. The highest BCUT2D eigenvalue weighted by molar-refractivity contribution is 6.08. The molecule has 9 heteroatoms. The molecule has 0 aliphatic carbocycles. The van der Waals surface area contributed by atoms with E-state index in [2.05, 4.69) is 10.4 Å². The zero-order valence-corrected chi connectivity index (χ0v) is 15.8. The molecule has 7 nitrogen and oxygen atoms in total. The van der Waals surface area contributed by atoms with E-state index < -0.39 is 22.5 Å². The fourth-order valence-corrected chi connectivity index (χ4v) is 2.98. The summed E-state index contributed by atoms with van der Waals surface area (Å²) in [4.78, 5) is 23.3. The maximum Gasteiger partial charge on any atom is 0.269 e. The number of halogens is 2. The lowest BCUT2D eigenvalue weighted by atomic mass is 10.1. The van der Waals surface area contributed by atoms with Gasteiger partial charge in [0.2, 0.25) is 0 Å². The van der Waals surface area contributed by atoms with Crippen LogP contribution in [0.2, 0.25) is 0 Å². The number of carbonyl (C=O) groups excluding carboxylic acids is 1. The maximum absolute atomic E-state index is 13.5. The number of aromatic nitrogens is 2. The number of anilines is 1. The summed E-state index contributed by atoms with van der Waals surface area (Å²) in [6.45, 7) is 0. The lowest BCUT2D eigenvalue weighted by Gasteiger charge is -2.06. The molecule has 0 fully saturated rings. The molecule has 0 bridgehead atoms. The molecule has 4 rings (SSSR count). The van der Waals surface area contributed by atoms with Gasteiger partial charge < -0.3 is 5.32 Å². The summed E-state index contributed by atoms with van der Waals surface area (Å²) in [6.07, 6.45) is 1.50. The van der Waals surface area contributed by atoms with Crippen molar-refractivity contribution in [3.8, 4) is 16.9 Å². The van der Waals surface area contributed by atoms with Crippen molar-refractivity contribution in [3.63, 3.8) is 0 Å². The van der Waals surface area contributed by atoms with Gasteiger partial charge in [-0.3, -0.25) is 14.9 Å². The number of nitrogens with one attached hydrogen (secondary N) is 1. The molecule has 154 valence electrons. The minimum Gasteiger partial charge on any atom is -0.322 e. The Morgan fingerprint density at radius 1 is 0.968 bits per heavy atom. The molecule has 0 aliphatic heterocycles. The van der Waals surface area contributed by atoms with Crippen molar-refractivity contribution in [2.75, 3.05) is 5.32 Å². The highest BCUT2D eigenvalue weighted by Crippen LogP contribution is 2.27. The predicted molar refractivity (Wildman–Crippen MR) is 110 cm³/mol. The summed E-state index contributed by atoms with van der Waals surface area (Å²) in [5, 5.41) is 17.9. The standard InChI is InChI=1S/C22H14F2N4O3/c23-19-11-8-15(12-20(19)24)25-22(29)18-13-27(16-4-2-1-3-5-16)26-21(18)14-6-9-17(10-7-14)28(30)31/h1-13H,(H,25,29). The van der Waals surface area contributed by atoms with Crippen molar-refractivity contribution < 1.29 is 18.5 Å². The Hall–Kier alpha value is -4.40. The van der Waals surface area contributed by atoms with Crippen LogP contribution in [0.3, 0.4) is 0 Å². The summed E-state index contributed by atoms with van der Waals surface area (Å²) in [7, 11) is 0. The lowest BCUT2D eigenvalue weighted by Crippen LogP contribution is -2.12. The van der Waals surface area contributed by atoms with Gasteiger partial charge in [-0.15, -0.1) is 0 Å². The van der Waals surface area contributed by atoms with Gasteiger partial charge in [0.1, 0.15) is 5.69 Å². The normalized spacial score (nSPS) is 10.6. The van der Waals surface area contributed by atoms with Crippen LogP contribution in [0.25, 0.3) is 16.9 Å². The molecule has 0 aliphatic rings. The smallest absolute Gasteiger partial charge is 0.269 e. The van der Waals surface area contributed by atoms with Gasteiger partial charge in [0, 0.05) is 35.6 Å². The average molecular weight is 420 g/mol. The van der Waals surface area contributed by atoms with Gasteiger partial charge >= 0.3 is 0 Å². The Morgan fingerprint density at radius 3 is 2.32 bits per heavy atom. The Kier molecular flexibility index (Phi) is 5.23. The summed E-state index contributed by atoms with van der Waals surface area (Å²) >= 11 is 0. The molecule has 1 amide bonds. The van der Waals surface area contributed by atoms with Gasteiger partial charge in [0.15, 0.2) is 11.6 Å². The first-order valence-electron chi connectivity index (χ1n) is 9.09. The third-order valence-electron chi connectivity index (χ3n) is 4.51. The number of hydrogen-bond donors (Lipinski definition) is 1. The van der Waals surface area contributed by atoms with Crippen LogP contribution in [0, 0.1) is 21.7 Å². The molecule has 4 aromatic rings. The molecule has 0 radical (unpaired) electrons. The van der Waals surface area contributed by atoms with Crippen LogP contribution in [0.1, 0.15) is 10.4 Å². The van der Waals surface area contributed by atoms with Crippen LogP contribution >= 0.6 is 0 Å². The molecule has 0 atom stereocenters.